The Morgan fingerprint density at radius 3 is 2.48 bits per heavy atom. The van der Waals surface area contributed by atoms with Crippen LogP contribution >= 0.6 is 0 Å². The van der Waals surface area contributed by atoms with Gasteiger partial charge in [0.2, 0.25) is 0 Å². The molecule has 1 aromatic carbocycles. The minimum Gasteiger partial charge on any atom is -0.370 e. The molecule has 112 valence electrons. The fourth-order valence-corrected chi connectivity index (χ4v) is 2.04. The Labute approximate surface area is 124 Å². The molecule has 0 saturated carbocycles. The largest absolute Gasteiger partial charge is 0.370 e. The van der Waals surface area contributed by atoms with E-state index in [0.717, 1.165) is 30.2 Å². The zero-order valence-corrected chi connectivity index (χ0v) is 12.7. The third-order valence-electron chi connectivity index (χ3n) is 3.13. The van der Waals surface area contributed by atoms with Gasteiger partial charge in [0.15, 0.2) is 0 Å². The molecule has 0 aliphatic rings. The molecule has 4 nitrogen and oxygen atoms in total. The fraction of sp³-hybridized carbons (Fsp3) is 0.375. The van der Waals surface area contributed by atoms with Crippen LogP contribution < -0.4 is 10.6 Å². The lowest BCUT2D eigenvalue weighted by Gasteiger charge is -2.16. The van der Waals surface area contributed by atoms with Crippen LogP contribution in [0.1, 0.15) is 37.7 Å². The molecule has 0 aliphatic heterocycles. The van der Waals surface area contributed by atoms with E-state index in [-0.39, 0.29) is 11.9 Å². The second-order valence-corrected chi connectivity index (χ2v) is 5.03. The predicted molar refractivity (Wildman–Crippen MR) is 84.0 cm³/mol. The van der Waals surface area contributed by atoms with Gasteiger partial charge in [-0.25, -0.2) is 14.4 Å². The van der Waals surface area contributed by atoms with E-state index in [1.807, 2.05) is 19.9 Å². The van der Waals surface area contributed by atoms with E-state index in [2.05, 4.69) is 27.5 Å². The number of rotatable bonds is 6. The molecule has 21 heavy (non-hydrogen) atoms. The number of aryl methyl sites for hydroxylation is 1. The molecule has 0 amide bonds. The minimum atomic E-state index is -0.227. The summed E-state index contributed by atoms with van der Waals surface area (Å²) < 4.78 is 13.0. The van der Waals surface area contributed by atoms with Gasteiger partial charge in [-0.1, -0.05) is 19.1 Å². The molecule has 1 unspecified atom stereocenters. The van der Waals surface area contributed by atoms with Crippen LogP contribution in [0.25, 0.3) is 0 Å². The number of aromatic nitrogens is 2. The summed E-state index contributed by atoms with van der Waals surface area (Å²) in [6.45, 7) is 6.87. The third kappa shape index (κ3) is 4.41. The first kappa shape index (κ1) is 15.2. The van der Waals surface area contributed by atoms with Crippen LogP contribution in [-0.2, 0) is 0 Å². The number of nitrogens with zero attached hydrogens (tertiary/aromatic N) is 2. The smallest absolute Gasteiger partial charge is 0.132 e. The van der Waals surface area contributed by atoms with Gasteiger partial charge in [0, 0.05) is 18.7 Å². The van der Waals surface area contributed by atoms with Gasteiger partial charge in [-0.2, -0.15) is 0 Å². The van der Waals surface area contributed by atoms with Gasteiger partial charge in [0.05, 0.1) is 0 Å². The van der Waals surface area contributed by atoms with Crippen LogP contribution in [0.15, 0.2) is 30.3 Å². The summed E-state index contributed by atoms with van der Waals surface area (Å²) in [4.78, 5) is 8.74. The monoisotopic (exact) mass is 288 g/mol. The predicted octanol–water partition coefficient (Wildman–Crippen LogP) is 3.92. The lowest BCUT2D eigenvalue weighted by molar-refractivity contribution is 0.626. The quantitative estimate of drug-likeness (QED) is 0.846. The van der Waals surface area contributed by atoms with Gasteiger partial charge in [-0.05, 0) is 38.0 Å². The lowest BCUT2D eigenvalue weighted by Crippen LogP contribution is -2.10. The van der Waals surface area contributed by atoms with Gasteiger partial charge in [-0.3, -0.25) is 0 Å². The van der Waals surface area contributed by atoms with E-state index in [1.165, 1.54) is 12.1 Å². The molecule has 2 N–H and O–H groups in total. The van der Waals surface area contributed by atoms with Gasteiger partial charge in [-0.15, -0.1) is 0 Å². The van der Waals surface area contributed by atoms with Crippen LogP contribution in [0.2, 0.25) is 0 Å². The Hall–Kier alpha value is -2.17. The topological polar surface area (TPSA) is 49.8 Å². The molecule has 1 atom stereocenters. The van der Waals surface area contributed by atoms with Crippen molar-refractivity contribution in [1.29, 1.82) is 0 Å². The van der Waals surface area contributed by atoms with Crippen LogP contribution in [0.4, 0.5) is 16.0 Å². The number of nitrogens with one attached hydrogen (secondary N) is 2. The first-order valence-corrected chi connectivity index (χ1v) is 7.20. The molecule has 1 heterocycles. The minimum absolute atomic E-state index is 0.0407. The van der Waals surface area contributed by atoms with E-state index in [4.69, 9.17) is 0 Å². The summed E-state index contributed by atoms with van der Waals surface area (Å²) in [7, 11) is 0. The normalized spacial score (nSPS) is 12.0. The molecular formula is C16H21FN4. The maximum atomic E-state index is 13.0. The molecule has 5 heteroatoms. The highest BCUT2D eigenvalue weighted by molar-refractivity contribution is 5.48. The average Bonchev–Trinajstić information content (AvgIpc) is 2.45. The molecular weight excluding hydrogens is 267 g/mol. The average molecular weight is 288 g/mol. The number of hydrogen-bond acceptors (Lipinski definition) is 4. The summed E-state index contributed by atoms with van der Waals surface area (Å²) in [6.07, 6.45) is 1.04. The van der Waals surface area contributed by atoms with Crippen LogP contribution in [0.5, 0.6) is 0 Å². The van der Waals surface area contributed by atoms with Crippen molar-refractivity contribution in [3.05, 3.63) is 47.5 Å². The van der Waals surface area contributed by atoms with Crippen LogP contribution in [0.3, 0.4) is 0 Å². The van der Waals surface area contributed by atoms with E-state index >= 15 is 0 Å². The zero-order valence-electron chi connectivity index (χ0n) is 12.7. The summed E-state index contributed by atoms with van der Waals surface area (Å²) in [5.41, 5.74) is 1.01. The molecule has 2 rings (SSSR count). The van der Waals surface area contributed by atoms with Crippen molar-refractivity contribution in [1.82, 2.24) is 9.97 Å². The number of halogens is 1. The Bertz CT molecular complexity index is 583. The van der Waals surface area contributed by atoms with E-state index in [0.29, 0.717) is 5.82 Å². The highest BCUT2D eigenvalue weighted by Gasteiger charge is 2.08. The Balaban J connectivity index is 2.10. The van der Waals surface area contributed by atoms with Crippen molar-refractivity contribution < 1.29 is 4.39 Å². The molecule has 2 aromatic rings. The first-order valence-electron chi connectivity index (χ1n) is 7.20. The fourth-order valence-electron chi connectivity index (χ4n) is 2.04. The van der Waals surface area contributed by atoms with Crippen molar-refractivity contribution in [2.45, 2.75) is 33.2 Å². The lowest BCUT2D eigenvalue weighted by atomic mass is 10.1. The molecule has 0 saturated heterocycles. The second-order valence-electron chi connectivity index (χ2n) is 5.03. The number of benzene rings is 1. The first-order chi connectivity index (χ1) is 10.1. The van der Waals surface area contributed by atoms with Crippen molar-refractivity contribution in [2.75, 3.05) is 17.2 Å². The highest BCUT2D eigenvalue weighted by atomic mass is 19.1. The summed E-state index contributed by atoms with van der Waals surface area (Å²) in [5.74, 6) is 2.07. The van der Waals surface area contributed by atoms with Crippen LogP contribution in [0, 0.1) is 12.7 Å². The molecule has 0 radical (unpaired) electrons. The summed E-state index contributed by atoms with van der Waals surface area (Å²) >= 11 is 0. The molecule has 0 spiro atoms. The van der Waals surface area contributed by atoms with E-state index in [1.54, 1.807) is 12.1 Å². The Morgan fingerprint density at radius 1 is 1.14 bits per heavy atom. The van der Waals surface area contributed by atoms with Gasteiger partial charge < -0.3 is 10.6 Å². The molecule has 0 fully saturated rings. The van der Waals surface area contributed by atoms with Crippen molar-refractivity contribution in [3.8, 4) is 0 Å². The van der Waals surface area contributed by atoms with Gasteiger partial charge in [0.1, 0.15) is 23.3 Å². The van der Waals surface area contributed by atoms with Gasteiger partial charge in [0.25, 0.3) is 0 Å². The maximum Gasteiger partial charge on any atom is 0.132 e. The highest BCUT2D eigenvalue weighted by Crippen LogP contribution is 2.20. The molecule has 0 bridgehead atoms. The Morgan fingerprint density at radius 2 is 1.81 bits per heavy atom. The van der Waals surface area contributed by atoms with Crippen molar-refractivity contribution >= 4 is 11.6 Å². The molecule has 1 aromatic heterocycles. The summed E-state index contributed by atoms with van der Waals surface area (Å²) in [6, 6.07) is 8.41. The third-order valence-corrected chi connectivity index (χ3v) is 3.13. The Kier molecular flexibility index (Phi) is 5.09. The maximum absolute atomic E-state index is 13.0. The van der Waals surface area contributed by atoms with Crippen LogP contribution in [-0.4, -0.2) is 16.5 Å². The molecule has 0 aliphatic carbocycles. The standard InChI is InChI=1S/C16H21FN4/c1-4-9-18-15-10-16(21-12(3)20-15)19-11(2)13-5-7-14(17)8-6-13/h5-8,10-11H,4,9H2,1-3H3,(H2,18,19,20,21). The van der Waals surface area contributed by atoms with E-state index in [9.17, 15) is 4.39 Å². The summed E-state index contributed by atoms with van der Waals surface area (Å²) in [5, 5.41) is 6.58. The van der Waals surface area contributed by atoms with Crippen molar-refractivity contribution in [2.24, 2.45) is 0 Å². The number of hydrogen-bond donors (Lipinski definition) is 2. The van der Waals surface area contributed by atoms with E-state index < -0.39 is 0 Å². The second kappa shape index (κ2) is 7.02. The zero-order chi connectivity index (χ0) is 15.2. The SMILES string of the molecule is CCCNc1cc(NC(C)c2ccc(F)cc2)nc(C)n1. The van der Waals surface area contributed by atoms with Gasteiger partial charge >= 0.3 is 0 Å². The van der Waals surface area contributed by atoms with Crippen molar-refractivity contribution in [3.63, 3.8) is 0 Å². The number of anilines is 2.